The predicted octanol–water partition coefficient (Wildman–Crippen LogP) is 1.68. The monoisotopic (exact) mass is 234 g/mol. The van der Waals surface area contributed by atoms with E-state index in [1.54, 1.807) is 6.08 Å². The van der Waals surface area contributed by atoms with Gasteiger partial charge in [-0.25, -0.2) is 0 Å². The smallest absolute Gasteiger partial charge is 0.162 e. The first-order valence-corrected chi connectivity index (χ1v) is 6.22. The lowest BCUT2D eigenvalue weighted by Gasteiger charge is -2.44. The molecule has 1 aliphatic heterocycles. The van der Waals surface area contributed by atoms with Gasteiger partial charge < -0.3 is 9.84 Å². The number of carbonyl (C=O) groups excluding carboxylic acids is 1. The Kier molecular flexibility index (Phi) is 2.32. The van der Waals surface area contributed by atoms with Gasteiger partial charge in [0.15, 0.2) is 12.1 Å². The third-order valence-corrected chi connectivity index (χ3v) is 4.57. The fourth-order valence-corrected chi connectivity index (χ4v) is 3.52. The van der Waals surface area contributed by atoms with Crippen LogP contribution in [0.3, 0.4) is 0 Å². The Hall–Kier alpha value is -0.930. The van der Waals surface area contributed by atoms with Crippen molar-refractivity contribution in [2.45, 2.75) is 26.6 Å². The summed E-state index contributed by atoms with van der Waals surface area (Å²) >= 11 is 0. The highest BCUT2D eigenvalue weighted by Crippen LogP contribution is 2.50. The molecule has 92 valence electrons. The Bertz CT molecular complexity index is 419. The summed E-state index contributed by atoms with van der Waals surface area (Å²) in [4.78, 5) is 12.1. The Morgan fingerprint density at radius 1 is 1.41 bits per heavy atom. The van der Waals surface area contributed by atoms with Crippen LogP contribution in [0, 0.1) is 23.2 Å². The average molecular weight is 234 g/mol. The minimum Gasteiger partial charge on any atom is -0.367 e. The summed E-state index contributed by atoms with van der Waals surface area (Å²) in [6.07, 6.45) is 5.97. The largest absolute Gasteiger partial charge is 0.367 e. The van der Waals surface area contributed by atoms with Crippen LogP contribution in [-0.4, -0.2) is 23.8 Å². The normalized spacial score (nSPS) is 43.0. The molecule has 3 aliphatic rings. The summed E-state index contributed by atoms with van der Waals surface area (Å²) in [6.45, 7) is 4.80. The Morgan fingerprint density at radius 3 is 2.94 bits per heavy atom. The highest BCUT2D eigenvalue weighted by molar-refractivity contribution is 5.94. The van der Waals surface area contributed by atoms with E-state index in [0.29, 0.717) is 6.61 Å². The third-order valence-electron chi connectivity index (χ3n) is 4.57. The zero-order valence-corrected chi connectivity index (χ0v) is 10.2. The maximum atomic E-state index is 12.1. The summed E-state index contributed by atoms with van der Waals surface area (Å²) in [5.74, 6) is 0.206. The van der Waals surface area contributed by atoms with Crippen LogP contribution >= 0.6 is 0 Å². The molecule has 3 nitrogen and oxygen atoms in total. The Balaban J connectivity index is 2.04. The standard InChI is InChI=1S/C14H18O3/c1-14(2)6-5-10(15)12-9(14)4-3-8-7-17-13(16)11(8)12/h3,5-6,9,11-13,16H,4,7H2,1-2H3. The van der Waals surface area contributed by atoms with Crippen molar-refractivity contribution in [3.05, 3.63) is 23.8 Å². The number of rotatable bonds is 0. The van der Waals surface area contributed by atoms with Gasteiger partial charge in [-0.15, -0.1) is 0 Å². The van der Waals surface area contributed by atoms with Crippen LogP contribution in [0.25, 0.3) is 0 Å². The molecule has 17 heavy (non-hydrogen) atoms. The first-order chi connectivity index (χ1) is 8.00. The molecular formula is C14H18O3. The number of hydrogen-bond acceptors (Lipinski definition) is 3. The van der Waals surface area contributed by atoms with Crippen molar-refractivity contribution in [3.63, 3.8) is 0 Å². The molecule has 4 atom stereocenters. The van der Waals surface area contributed by atoms with Crippen molar-refractivity contribution < 1.29 is 14.6 Å². The Labute approximate surface area is 101 Å². The molecule has 1 fully saturated rings. The van der Waals surface area contributed by atoms with E-state index in [2.05, 4.69) is 19.9 Å². The van der Waals surface area contributed by atoms with E-state index < -0.39 is 6.29 Å². The van der Waals surface area contributed by atoms with Crippen LogP contribution < -0.4 is 0 Å². The van der Waals surface area contributed by atoms with E-state index in [4.69, 9.17) is 4.74 Å². The summed E-state index contributed by atoms with van der Waals surface area (Å²) in [5, 5.41) is 9.91. The van der Waals surface area contributed by atoms with Gasteiger partial charge in [0.1, 0.15) is 0 Å². The molecule has 0 aromatic heterocycles. The van der Waals surface area contributed by atoms with Crippen molar-refractivity contribution in [2.75, 3.05) is 6.61 Å². The van der Waals surface area contributed by atoms with Crippen molar-refractivity contribution in [1.29, 1.82) is 0 Å². The second-order valence-corrected chi connectivity index (χ2v) is 5.93. The van der Waals surface area contributed by atoms with Gasteiger partial charge in [-0.05, 0) is 29.4 Å². The summed E-state index contributed by atoms with van der Waals surface area (Å²) < 4.78 is 5.28. The molecule has 2 aliphatic carbocycles. The Morgan fingerprint density at radius 2 is 2.18 bits per heavy atom. The molecule has 3 rings (SSSR count). The molecule has 0 bridgehead atoms. The van der Waals surface area contributed by atoms with E-state index in [-0.39, 0.29) is 29.0 Å². The summed E-state index contributed by atoms with van der Waals surface area (Å²) in [6, 6.07) is 0. The van der Waals surface area contributed by atoms with Gasteiger partial charge in [0.2, 0.25) is 0 Å². The molecule has 0 aromatic rings. The lowest BCUT2D eigenvalue weighted by Crippen LogP contribution is -2.45. The topological polar surface area (TPSA) is 46.5 Å². The molecule has 1 heterocycles. The van der Waals surface area contributed by atoms with Gasteiger partial charge in [0.25, 0.3) is 0 Å². The van der Waals surface area contributed by atoms with Gasteiger partial charge >= 0.3 is 0 Å². The molecule has 0 aromatic carbocycles. The van der Waals surface area contributed by atoms with Gasteiger partial charge in [0.05, 0.1) is 6.61 Å². The van der Waals surface area contributed by atoms with E-state index in [1.807, 2.05) is 6.08 Å². The number of hydrogen-bond donors (Lipinski definition) is 1. The minimum atomic E-state index is -0.805. The van der Waals surface area contributed by atoms with E-state index in [0.717, 1.165) is 12.0 Å². The molecule has 0 spiro atoms. The lowest BCUT2D eigenvalue weighted by atomic mass is 9.58. The quantitative estimate of drug-likeness (QED) is 0.649. The highest BCUT2D eigenvalue weighted by Gasteiger charge is 2.51. The maximum absolute atomic E-state index is 12.1. The van der Waals surface area contributed by atoms with Crippen molar-refractivity contribution in [1.82, 2.24) is 0 Å². The highest BCUT2D eigenvalue weighted by atomic mass is 16.6. The molecule has 0 amide bonds. The molecule has 0 saturated carbocycles. The van der Waals surface area contributed by atoms with Crippen molar-refractivity contribution >= 4 is 5.78 Å². The number of aliphatic hydroxyl groups excluding tert-OH is 1. The molecule has 1 N–H and O–H groups in total. The second-order valence-electron chi connectivity index (χ2n) is 5.93. The van der Waals surface area contributed by atoms with Gasteiger partial charge in [0, 0.05) is 11.8 Å². The van der Waals surface area contributed by atoms with Crippen LogP contribution in [-0.2, 0) is 9.53 Å². The fraction of sp³-hybridized carbons (Fsp3) is 0.643. The zero-order chi connectivity index (χ0) is 12.2. The number of allylic oxidation sites excluding steroid dienone is 3. The van der Waals surface area contributed by atoms with Gasteiger partial charge in [-0.2, -0.15) is 0 Å². The van der Waals surface area contributed by atoms with Crippen LogP contribution in [0.4, 0.5) is 0 Å². The van der Waals surface area contributed by atoms with Crippen molar-refractivity contribution in [2.24, 2.45) is 23.2 Å². The first-order valence-electron chi connectivity index (χ1n) is 6.22. The van der Waals surface area contributed by atoms with E-state index >= 15 is 0 Å². The van der Waals surface area contributed by atoms with E-state index in [1.165, 1.54) is 0 Å². The summed E-state index contributed by atoms with van der Waals surface area (Å²) in [5.41, 5.74) is 1.13. The molecule has 0 radical (unpaired) electrons. The second kappa shape index (κ2) is 3.53. The van der Waals surface area contributed by atoms with Crippen LogP contribution in [0.5, 0.6) is 0 Å². The number of ether oxygens (including phenoxy) is 1. The van der Waals surface area contributed by atoms with Crippen LogP contribution in [0.2, 0.25) is 0 Å². The first kappa shape index (κ1) is 11.2. The zero-order valence-electron chi connectivity index (χ0n) is 10.2. The van der Waals surface area contributed by atoms with Gasteiger partial charge in [-0.3, -0.25) is 4.79 Å². The van der Waals surface area contributed by atoms with E-state index in [9.17, 15) is 9.90 Å². The lowest BCUT2D eigenvalue weighted by molar-refractivity contribution is -0.135. The van der Waals surface area contributed by atoms with Gasteiger partial charge in [-0.1, -0.05) is 26.0 Å². The molecule has 4 unspecified atom stereocenters. The molecule has 1 saturated heterocycles. The number of aliphatic hydroxyl groups is 1. The minimum absolute atomic E-state index is 0.0168. The van der Waals surface area contributed by atoms with Crippen LogP contribution in [0.15, 0.2) is 23.8 Å². The fourth-order valence-electron chi connectivity index (χ4n) is 3.52. The SMILES string of the molecule is CC1(C)C=CC(=O)C2C3C(=CCC21)COC3O. The molecule has 3 heteroatoms. The summed E-state index contributed by atoms with van der Waals surface area (Å²) in [7, 11) is 0. The number of ketones is 1. The number of fused-ring (bicyclic) bond motifs is 3. The molecular weight excluding hydrogens is 216 g/mol. The van der Waals surface area contributed by atoms with Crippen LogP contribution in [0.1, 0.15) is 20.3 Å². The van der Waals surface area contributed by atoms with Crippen molar-refractivity contribution in [3.8, 4) is 0 Å². The third kappa shape index (κ3) is 1.53. The average Bonchev–Trinajstić information content (AvgIpc) is 2.66. The number of carbonyl (C=O) groups is 1. The maximum Gasteiger partial charge on any atom is 0.162 e. The predicted molar refractivity (Wildman–Crippen MR) is 63.1 cm³/mol.